The lowest BCUT2D eigenvalue weighted by Crippen LogP contribution is -2.40. The summed E-state index contributed by atoms with van der Waals surface area (Å²) in [6.07, 6.45) is 2.53. The van der Waals surface area contributed by atoms with Crippen molar-refractivity contribution in [2.75, 3.05) is 0 Å². The Morgan fingerprint density at radius 1 is 1.18 bits per heavy atom. The van der Waals surface area contributed by atoms with E-state index in [2.05, 4.69) is 47.6 Å². The van der Waals surface area contributed by atoms with E-state index in [1.165, 1.54) is 12.8 Å². The standard InChI is InChI=1S/C8H20BrNSi/c1-5-7(3)10(11-9)8(4)6-2/h7-8H,5-6,11H2,1-4H3. The fourth-order valence-corrected chi connectivity index (χ4v) is 5.09. The summed E-state index contributed by atoms with van der Waals surface area (Å²) in [6.45, 7) is 9.16. The van der Waals surface area contributed by atoms with E-state index < -0.39 is 0 Å². The highest BCUT2D eigenvalue weighted by atomic mass is 79.9. The molecule has 3 heteroatoms. The average molecular weight is 238 g/mol. The summed E-state index contributed by atoms with van der Waals surface area (Å²) in [7, 11) is -0.143. The Hall–Kier alpha value is 0.657. The van der Waals surface area contributed by atoms with Gasteiger partial charge in [0.25, 0.3) is 0 Å². The van der Waals surface area contributed by atoms with E-state index in [1.54, 1.807) is 0 Å². The van der Waals surface area contributed by atoms with Crippen molar-refractivity contribution < 1.29 is 0 Å². The van der Waals surface area contributed by atoms with Gasteiger partial charge >= 0.3 is 0 Å². The zero-order valence-corrected chi connectivity index (χ0v) is 11.1. The summed E-state index contributed by atoms with van der Waals surface area (Å²) in [5, 5.41) is 0. The van der Waals surface area contributed by atoms with Gasteiger partial charge in [-0.25, -0.2) is 0 Å². The Morgan fingerprint density at radius 3 is 1.73 bits per heavy atom. The molecule has 0 aliphatic heterocycles. The maximum absolute atomic E-state index is 3.66. The molecular formula is C8H20BrNSi. The fraction of sp³-hybridized carbons (Fsp3) is 1.00. The molecule has 0 saturated carbocycles. The Labute approximate surface area is 81.0 Å². The molecule has 0 aromatic heterocycles. The first-order valence-corrected chi connectivity index (χ1v) is 9.02. The third kappa shape index (κ3) is 3.72. The van der Waals surface area contributed by atoms with Gasteiger partial charge in [-0.2, -0.15) is 0 Å². The summed E-state index contributed by atoms with van der Waals surface area (Å²) in [6, 6.07) is 1.52. The van der Waals surface area contributed by atoms with E-state index in [0.717, 1.165) is 12.1 Å². The van der Waals surface area contributed by atoms with E-state index >= 15 is 0 Å². The quantitative estimate of drug-likeness (QED) is 0.524. The molecule has 1 nitrogen and oxygen atoms in total. The van der Waals surface area contributed by atoms with E-state index in [4.69, 9.17) is 0 Å². The van der Waals surface area contributed by atoms with Crippen LogP contribution in [0, 0.1) is 0 Å². The van der Waals surface area contributed by atoms with Crippen molar-refractivity contribution in [1.82, 2.24) is 4.57 Å². The predicted octanol–water partition coefficient (Wildman–Crippen LogP) is 2.28. The van der Waals surface area contributed by atoms with Gasteiger partial charge in [0.2, 0.25) is 0 Å². The SMILES string of the molecule is CCC(C)N([SiH2]Br)C(C)CC. The summed E-state index contributed by atoms with van der Waals surface area (Å²) in [4.78, 5) is 0. The first-order chi connectivity index (χ1) is 5.17. The van der Waals surface area contributed by atoms with Crippen LogP contribution < -0.4 is 0 Å². The number of rotatable bonds is 5. The van der Waals surface area contributed by atoms with Crippen LogP contribution in [0.1, 0.15) is 40.5 Å². The second kappa shape index (κ2) is 6.20. The average Bonchev–Trinajstić information content (AvgIpc) is 2.05. The van der Waals surface area contributed by atoms with Gasteiger partial charge in [0.15, 0.2) is 8.30 Å². The molecule has 0 fully saturated rings. The third-order valence-electron chi connectivity index (χ3n) is 2.45. The molecule has 0 heterocycles. The van der Waals surface area contributed by atoms with Crippen molar-refractivity contribution in [3.05, 3.63) is 0 Å². The van der Waals surface area contributed by atoms with Gasteiger partial charge in [-0.05, 0) is 12.8 Å². The summed E-state index contributed by atoms with van der Waals surface area (Å²) < 4.78 is 2.62. The molecule has 11 heavy (non-hydrogen) atoms. The van der Waals surface area contributed by atoms with Crippen LogP contribution in [-0.2, 0) is 0 Å². The Morgan fingerprint density at radius 2 is 1.55 bits per heavy atom. The molecule has 0 aromatic carbocycles. The zero-order valence-electron chi connectivity index (χ0n) is 8.10. The molecule has 2 unspecified atom stereocenters. The molecule has 0 aliphatic rings. The Bertz CT molecular complexity index is 90.1. The maximum Gasteiger partial charge on any atom is 0.171 e. The highest BCUT2D eigenvalue weighted by Crippen LogP contribution is 2.10. The molecule has 0 bridgehead atoms. The van der Waals surface area contributed by atoms with Crippen molar-refractivity contribution in [3.63, 3.8) is 0 Å². The molecule has 0 radical (unpaired) electrons. The molecule has 0 rings (SSSR count). The van der Waals surface area contributed by atoms with Crippen molar-refractivity contribution in [2.24, 2.45) is 0 Å². The summed E-state index contributed by atoms with van der Waals surface area (Å²) in [5.74, 6) is 0. The van der Waals surface area contributed by atoms with Crippen LogP contribution in [0.3, 0.4) is 0 Å². The third-order valence-corrected chi connectivity index (χ3v) is 5.71. The first kappa shape index (κ1) is 11.7. The molecule has 0 amide bonds. The van der Waals surface area contributed by atoms with Gasteiger partial charge in [-0.3, -0.25) is 0 Å². The van der Waals surface area contributed by atoms with Crippen molar-refractivity contribution in [3.8, 4) is 0 Å². The lowest BCUT2D eigenvalue weighted by atomic mass is 10.2. The van der Waals surface area contributed by atoms with Crippen molar-refractivity contribution in [1.29, 1.82) is 0 Å². The fourth-order valence-electron chi connectivity index (χ4n) is 1.14. The number of hydrogen-bond acceptors (Lipinski definition) is 1. The van der Waals surface area contributed by atoms with Crippen LogP contribution in [0.15, 0.2) is 0 Å². The minimum Gasteiger partial charge on any atom is -0.315 e. The number of nitrogens with zero attached hydrogens (tertiary/aromatic N) is 1. The molecule has 0 spiro atoms. The van der Waals surface area contributed by atoms with Crippen LogP contribution in [0.2, 0.25) is 0 Å². The van der Waals surface area contributed by atoms with Gasteiger partial charge < -0.3 is 4.57 Å². The largest absolute Gasteiger partial charge is 0.315 e. The Kier molecular flexibility index (Phi) is 6.57. The first-order valence-electron chi connectivity index (χ1n) is 4.49. The molecule has 68 valence electrons. The topological polar surface area (TPSA) is 3.24 Å². The Balaban J connectivity index is 3.92. The van der Waals surface area contributed by atoms with Gasteiger partial charge in [0.1, 0.15) is 0 Å². The second-order valence-electron chi connectivity index (χ2n) is 3.15. The van der Waals surface area contributed by atoms with Crippen LogP contribution in [-0.4, -0.2) is 24.9 Å². The van der Waals surface area contributed by atoms with Crippen LogP contribution >= 0.6 is 15.3 Å². The zero-order chi connectivity index (χ0) is 8.85. The smallest absolute Gasteiger partial charge is 0.171 e. The van der Waals surface area contributed by atoms with E-state index in [0.29, 0.717) is 0 Å². The normalized spacial score (nSPS) is 18.0. The van der Waals surface area contributed by atoms with Crippen molar-refractivity contribution in [2.45, 2.75) is 52.6 Å². The predicted molar refractivity (Wildman–Crippen MR) is 58.8 cm³/mol. The number of halogens is 1. The summed E-state index contributed by atoms with van der Waals surface area (Å²) >= 11 is 3.66. The van der Waals surface area contributed by atoms with E-state index in [1.807, 2.05) is 0 Å². The van der Waals surface area contributed by atoms with Crippen LogP contribution in [0.25, 0.3) is 0 Å². The lowest BCUT2D eigenvalue weighted by Gasteiger charge is -2.31. The van der Waals surface area contributed by atoms with Gasteiger partial charge in [0, 0.05) is 12.1 Å². The monoisotopic (exact) mass is 237 g/mol. The summed E-state index contributed by atoms with van der Waals surface area (Å²) in [5.41, 5.74) is 0. The van der Waals surface area contributed by atoms with Crippen LogP contribution in [0.5, 0.6) is 0 Å². The highest BCUT2D eigenvalue weighted by Gasteiger charge is 2.15. The van der Waals surface area contributed by atoms with E-state index in [-0.39, 0.29) is 8.30 Å². The van der Waals surface area contributed by atoms with Crippen LogP contribution in [0.4, 0.5) is 0 Å². The molecule has 0 N–H and O–H groups in total. The minimum absolute atomic E-state index is 0.143. The van der Waals surface area contributed by atoms with E-state index in [9.17, 15) is 0 Å². The molecule has 2 atom stereocenters. The highest BCUT2D eigenvalue weighted by molar-refractivity contribution is 9.23. The minimum atomic E-state index is -0.143. The van der Waals surface area contributed by atoms with Crippen molar-refractivity contribution >= 4 is 23.6 Å². The second-order valence-corrected chi connectivity index (χ2v) is 5.62. The van der Waals surface area contributed by atoms with Gasteiger partial charge in [-0.15, -0.1) is 15.3 Å². The molecule has 0 saturated heterocycles. The molecular weight excluding hydrogens is 218 g/mol. The van der Waals surface area contributed by atoms with Gasteiger partial charge in [0.05, 0.1) is 0 Å². The van der Waals surface area contributed by atoms with Gasteiger partial charge in [-0.1, -0.05) is 27.7 Å². The number of hydrogen-bond donors (Lipinski definition) is 0. The molecule has 0 aliphatic carbocycles. The molecule has 0 aromatic rings. The maximum atomic E-state index is 3.66. The lowest BCUT2D eigenvalue weighted by molar-refractivity contribution is 0.274.